The molecule has 1 aliphatic carbocycles. The van der Waals surface area contributed by atoms with Crippen molar-refractivity contribution in [2.45, 2.75) is 45.6 Å². The van der Waals surface area contributed by atoms with Crippen LogP contribution >= 0.6 is 0 Å². The lowest BCUT2D eigenvalue weighted by Gasteiger charge is -2.32. The van der Waals surface area contributed by atoms with Crippen molar-refractivity contribution in [2.24, 2.45) is 11.8 Å². The van der Waals surface area contributed by atoms with Crippen molar-refractivity contribution in [3.63, 3.8) is 0 Å². The van der Waals surface area contributed by atoms with Gasteiger partial charge in [-0.05, 0) is 38.6 Å². The topological polar surface area (TPSA) is 37.8 Å². The second-order valence-electron chi connectivity index (χ2n) is 5.37. The summed E-state index contributed by atoms with van der Waals surface area (Å²) in [5.74, 6) is 1.61. The lowest BCUT2D eigenvalue weighted by atomic mass is 9.78. The summed E-state index contributed by atoms with van der Waals surface area (Å²) in [4.78, 5) is 8.87. The molecule has 0 aliphatic heterocycles. The first kappa shape index (κ1) is 12.5. The zero-order chi connectivity index (χ0) is 12.3. The summed E-state index contributed by atoms with van der Waals surface area (Å²) in [6.07, 6.45) is 9.11. The van der Waals surface area contributed by atoms with E-state index in [4.69, 9.17) is 0 Å². The Hall–Kier alpha value is -0.960. The van der Waals surface area contributed by atoms with Crippen molar-refractivity contribution in [1.82, 2.24) is 15.3 Å². The van der Waals surface area contributed by atoms with Crippen LogP contribution in [0.1, 0.15) is 50.0 Å². The monoisotopic (exact) mass is 233 g/mol. The highest BCUT2D eigenvalue weighted by molar-refractivity contribution is 5.07. The molecule has 0 spiro atoms. The van der Waals surface area contributed by atoms with Crippen LogP contribution in [0.4, 0.5) is 0 Å². The Morgan fingerprint density at radius 2 is 1.88 bits per heavy atom. The molecule has 0 radical (unpaired) electrons. The number of hydrogen-bond acceptors (Lipinski definition) is 3. The van der Waals surface area contributed by atoms with E-state index in [9.17, 15) is 0 Å². The van der Waals surface area contributed by atoms with Gasteiger partial charge in [-0.15, -0.1) is 0 Å². The maximum Gasteiger partial charge on any atom is 0.0759 e. The molecule has 2 rings (SSSR count). The summed E-state index contributed by atoms with van der Waals surface area (Å²) in [5.41, 5.74) is 2.08. The largest absolute Gasteiger partial charge is 0.311 e. The van der Waals surface area contributed by atoms with E-state index in [1.165, 1.54) is 25.7 Å². The van der Waals surface area contributed by atoms with Crippen LogP contribution in [0.25, 0.3) is 0 Å². The molecule has 1 N–H and O–H groups in total. The van der Waals surface area contributed by atoms with Gasteiger partial charge in [-0.25, -0.2) is 0 Å². The van der Waals surface area contributed by atoms with Crippen LogP contribution in [0.15, 0.2) is 12.4 Å². The van der Waals surface area contributed by atoms with Crippen LogP contribution in [0.3, 0.4) is 0 Å². The van der Waals surface area contributed by atoms with Crippen LogP contribution in [0, 0.1) is 18.8 Å². The number of nitrogens with one attached hydrogen (secondary N) is 1. The SMILES string of the molecule is CNC(c1cnc(C)cn1)C1CCC(C)CC1. The number of hydrogen-bond donors (Lipinski definition) is 1. The number of aromatic nitrogens is 2. The standard InChI is InChI=1S/C14H23N3/c1-10-4-6-12(7-5-10)14(15-3)13-9-16-11(2)8-17-13/h8-10,12,14-15H,4-7H2,1-3H3. The lowest BCUT2D eigenvalue weighted by molar-refractivity contribution is 0.235. The predicted molar refractivity (Wildman–Crippen MR) is 69.7 cm³/mol. The quantitative estimate of drug-likeness (QED) is 0.872. The van der Waals surface area contributed by atoms with Gasteiger partial charge in [0.05, 0.1) is 23.6 Å². The third-order valence-electron chi connectivity index (χ3n) is 3.96. The third kappa shape index (κ3) is 3.03. The van der Waals surface area contributed by atoms with Crippen LogP contribution in [0.2, 0.25) is 0 Å². The molecule has 1 unspecified atom stereocenters. The molecule has 0 saturated heterocycles. The van der Waals surface area contributed by atoms with Crippen molar-refractivity contribution in [1.29, 1.82) is 0 Å². The minimum absolute atomic E-state index is 0.371. The van der Waals surface area contributed by atoms with E-state index in [-0.39, 0.29) is 0 Å². The fraction of sp³-hybridized carbons (Fsp3) is 0.714. The molecule has 0 bridgehead atoms. The van der Waals surface area contributed by atoms with Gasteiger partial charge in [0.1, 0.15) is 0 Å². The van der Waals surface area contributed by atoms with Crippen LogP contribution in [0.5, 0.6) is 0 Å². The van der Waals surface area contributed by atoms with E-state index in [2.05, 4.69) is 22.2 Å². The normalized spacial score (nSPS) is 26.8. The molecule has 0 aromatic carbocycles. The summed E-state index contributed by atoms with van der Waals surface area (Å²) in [6.45, 7) is 4.34. The molecular weight excluding hydrogens is 210 g/mol. The van der Waals surface area contributed by atoms with E-state index < -0.39 is 0 Å². The van der Waals surface area contributed by atoms with Gasteiger partial charge in [0.15, 0.2) is 0 Å². The molecule has 1 aromatic rings. The molecule has 1 aliphatic rings. The Bertz CT molecular complexity index is 339. The van der Waals surface area contributed by atoms with Gasteiger partial charge < -0.3 is 5.32 Å². The summed E-state index contributed by atoms with van der Waals surface area (Å²) in [5, 5.41) is 3.42. The molecule has 0 amide bonds. The first-order valence-corrected chi connectivity index (χ1v) is 6.66. The van der Waals surface area contributed by atoms with Crippen molar-refractivity contribution in [2.75, 3.05) is 7.05 Å². The van der Waals surface area contributed by atoms with Gasteiger partial charge in [-0.2, -0.15) is 0 Å². The molecular formula is C14H23N3. The lowest BCUT2D eigenvalue weighted by Crippen LogP contribution is -2.29. The molecule has 3 heteroatoms. The molecule has 1 heterocycles. The molecule has 94 valence electrons. The zero-order valence-electron chi connectivity index (χ0n) is 11.1. The van der Waals surface area contributed by atoms with Gasteiger partial charge >= 0.3 is 0 Å². The Labute approximate surface area is 104 Å². The van der Waals surface area contributed by atoms with Gasteiger partial charge in [0, 0.05) is 6.20 Å². The number of nitrogens with zero attached hydrogens (tertiary/aromatic N) is 2. The summed E-state index contributed by atoms with van der Waals surface area (Å²) < 4.78 is 0. The fourth-order valence-corrected chi connectivity index (χ4v) is 2.81. The molecule has 3 nitrogen and oxygen atoms in total. The highest BCUT2D eigenvalue weighted by Gasteiger charge is 2.27. The Kier molecular flexibility index (Phi) is 4.11. The second kappa shape index (κ2) is 5.58. The van der Waals surface area contributed by atoms with E-state index in [1.54, 1.807) is 0 Å². The summed E-state index contributed by atoms with van der Waals surface area (Å²) >= 11 is 0. The Balaban J connectivity index is 2.08. The highest BCUT2D eigenvalue weighted by atomic mass is 14.9. The Morgan fingerprint density at radius 1 is 1.18 bits per heavy atom. The summed E-state index contributed by atoms with van der Waals surface area (Å²) in [6, 6.07) is 0.371. The first-order chi connectivity index (χ1) is 8.20. The maximum atomic E-state index is 4.52. The predicted octanol–water partition coefficient (Wildman–Crippen LogP) is 2.87. The average molecular weight is 233 g/mol. The van der Waals surface area contributed by atoms with E-state index in [1.807, 2.05) is 26.4 Å². The maximum absolute atomic E-state index is 4.52. The molecule has 1 saturated carbocycles. The van der Waals surface area contributed by atoms with Crippen LogP contribution in [-0.4, -0.2) is 17.0 Å². The van der Waals surface area contributed by atoms with Crippen molar-refractivity contribution >= 4 is 0 Å². The van der Waals surface area contributed by atoms with E-state index in [0.717, 1.165) is 17.3 Å². The number of rotatable bonds is 3. The van der Waals surface area contributed by atoms with Crippen molar-refractivity contribution in [3.05, 3.63) is 23.8 Å². The third-order valence-corrected chi connectivity index (χ3v) is 3.96. The molecule has 1 atom stereocenters. The van der Waals surface area contributed by atoms with Gasteiger partial charge in [-0.3, -0.25) is 9.97 Å². The zero-order valence-corrected chi connectivity index (χ0v) is 11.1. The molecule has 1 fully saturated rings. The second-order valence-corrected chi connectivity index (χ2v) is 5.37. The Morgan fingerprint density at radius 3 is 2.41 bits per heavy atom. The minimum Gasteiger partial charge on any atom is -0.311 e. The van der Waals surface area contributed by atoms with Crippen molar-refractivity contribution in [3.8, 4) is 0 Å². The number of aryl methyl sites for hydroxylation is 1. The first-order valence-electron chi connectivity index (χ1n) is 6.66. The van der Waals surface area contributed by atoms with Gasteiger partial charge in [0.2, 0.25) is 0 Å². The summed E-state index contributed by atoms with van der Waals surface area (Å²) in [7, 11) is 2.03. The molecule has 17 heavy (non-hydrogen) atoms. The van der Waals surface area contributed by atoms with E-state index >= 15 is 0 Å². The van der Waals surface area contributed by atoms with Gasteiger partial charge in [-0.1, -0.05) is 19.8 Å². The average Bonchev–Trinajstić information content (AvgIpc) is 2.35. The highest BCUT2D eigenvalue weighted by Crippen LogP contribution is 2.35. The van der Waals surface area contributed by atoms with Crippen LogP contribution < -0.4 is 5.32 Å². The van der Waals surface area contributed by atoms with Crippen molar-refractivity contribution < 1.29 is 0 Å². The fourth-order valence-electron chi connectivity index (χ4n) is 2.81. The van der Waals surface area contributed by atoms with Gasteiger partial charge in [0.25, 0.3) is 0 Å². The minimum atomic E-state index is 0.371. The molecule has 1 aromatic heterocycles. The smallest absolute Gasteiger partial charge is 0.0759 e. The van der Waals surface area contributed by atoms with Crippen LogP contribution in [-0.2, 0) is 0 Å². The van der Waals surface area contributed by atoms with E-state index in [0.29, 0.717) is 12.0 Å².